The maximum absolute atomic E-state index is 12.8. The fourth-order valence-corrected chi connectivity index (χ4v) is 4.17. The number of imidazole rings is 1. The summed E-state index contributed by atoms with van der Waals surface area (Å²) in [5.41, 5.74) is 1.75. The third-order valence-electron chi connectivity index (χ3n) is 5.72. The first kappa shape index (κ1) is 18.3. The highest BCUT2D eigenvalue weighted by atomic mass is 16.2. The van der Waals surface area contributed by atoms with Gasteiger partial charge in [0.15, 0.2) is 0 Å². The zero-order valence-electron chi connectivity index (χ0n) is 16.2. The molecule has 0 spiro atoms. The largest absolute Gasteiger partial charge is 0.341 e. The van der Waals surface area contributed by atoms with Crippen molar-refractivity contribution < 1.29 is 4.79 Å². The van der Waals surface area contributed by atoms with Crippen molar-refractivity contribution >= 4 is 27.8 Å². The molecule has 0 bridgehead atoms. The van der Waals surface area contributed by atoms with Gasteiger partial charge < -0.3 is 9.88 Å². The Labute approximate surface area is 170 Å². The molecule has 0 saturated carbocycles. The third kappa shape index (κ3) is 3.08. The normalized spacial score (nSPS) is 15.1. The van der Waals surface area contributed by atoms with Crippen LogP contribution in [0.1, 0.15) is 18.9 Å². The average Bonchev–Trinajstić information content (AvgIpc) is 3.11. The van der Waals surface area contributed by atoms with Crippen molar-refractivity contribution in [1.29, 1.82) is 0 Å². The topological polar surface area (TPSA) is 106 Å². The van der Waals surface area contributed by atoms with Crippen LogP contribution in [-0.4, -0.2) is 48.4 Å². The predicted octanol–water partition coefficient (Wildman–Crippen LogP) is 1.30. The smallest absolute Gasteiger partial charge is 0.326 e. The van der Waals surface area contributed by atoms with Crippen LogP contribution in [-0.2, 0) is 11.3 Å². The van der Waals surface area contributed by atoms with Crippen LogP contribution in [0.2, 0.25) is 0 Å². The van der Waals surface area contributed by atoms with Gasteiger partial charge in [-0.3, -0.25) is 14.2 Å². The summed E-state index contributed by atoms with van der Waals surface area (Å²) in [5.74, 6) is -0.175. The van der Waals surface area contributed by atoms with Crippen molar-refractivity contribution in [1.82, 2.24) is 29.4 Å². The molecule has 1 N–H and O–H groups in total. The SMILES string of the molecule is O=C(Cn1nnc2ccccc2c1=O)N1CCC(n2c(=O)[nH]c3ccccc32)CC1. The van der Waals surface area contributed by atoms with Crippen molar-refractivity contribution in [2.75, 3.05) is 13.1 Å². The maximum Gasteiger partial charge on any atom is 0.326 e. The number of fused-ring (bicyclic) bond motifs is 2. The molecule has 1 amide bonds. The minimum Gasteiger partial charge on any atom is -0.341 e. The standard InChI is InChI=1S/C21H20N6O3/c28-19(13-26-20(29)15-5-1-2-6-16(15)23-24-26)25-11-9-14(10-12-25)27-18-8-4-3-7-17(18)22-21(27)30/h1-8,14H,9-13H2,(H,22,30). The number of rotatable bonds is 3. The molecule has 3 heterocycles. The minimum absolute atomic E-state index is 0.0286. The molecule has 0 unspecified atom stereocenters. The lowest BCUT2D eigenvalue weighted by Gasteiger charge is -2.32. The fraction of sp³-hybridized carbons (Fsp3) is 0.286. The summed E-state index contributed by atoms with van der Waals surface area (Å²) in [6.07, 6.45) is 1.34. The number of piperidine rings is 1. The van der Waals surface area contributed by atoms with Crippen molar-refractivity contribution in [3.8, 4) is 0 Å². The van der Waals surface area contributed by atoms with E-state index in [0.717, 1.165) is 15.7 Å². The number of likely N-dealkylation sites (tertiary alicyclic amines) is 1. The van der Waals surface area contributed by atoms with E-state index in [1.807, 2.05) is 24.3 Å². The third-order valence-corrected chi connectivity index (χ3v) is 5.72. The molecular formula is C21H20N6O3. The molecule has 2 aromatic heterocycles. The van der Waals surface area contributed by atoms with E-state index in [1.54, 1.807) is 33.7 Å². The van der Waals surface area contributed by atoms with Gasteiger partial charge in [0.25, 0.3) is 5.56 Å². The Hall–Kier alpha value is -3.75. The molecule has 0 atom stereocenters. The summed E-state index contributed by atoms with van der Waals surface area (Å²) >= 11 is 0. The van der Waals surface area contributed by atoms with Crippen molar-refractivity contribution in [3.05, 3.63) is 69.4 Å². The number of para-hydroxylation sites is 2. The van der Waals surface area contributed by atoms with Gasteiger partial charge in [-0.25, -0.2) is 9.48 Å². The van der Waals surface area contributed by atoms with E-state index < -0.39 is 0 Å². The Morgan fingerprint density at radius 1 is 1.03 bits per heavy atom. The molecule has 9 heteroatoms. The zero-order valence-corrected chi connectivity index (χ0v) is 16.2. The number of nitrogens with zero attached hydrogens (tertiary/aromatic N) is 5. The Morgan fingerprint density at radius 3 is 2.60 bits per heavy atom. The Kier molecular flexibility index (Phi) is 4.42. The van der Waals surface area contributed by atoms with Crippen LogP contribution in [0.4, 0.5) is 0 Å². The first-order valence-corrected chi connectivity index (χ1v) is 9.91. The number of aromatic amines is 1. The molecular weight excluding hydrogens is 384 g/mol. The van der Waals surface area contributed by atoms with Gasteiger partial charge in [-0.15, -0.1) is 5.10 Å². The van der Waals surface area contributed by atoms with Gasteiger partial charge in [0.2, 0.25) is 5.91 Å². The van der Waals surface area contributed by atoms with E-state index in [4.69, 9.17) is 0 Å². The van der Waals surface area contributed by atoms with E-state index in [9.17, 15) is 14.4 Å². The molecule has 1 aliphatic rings. The second-order valence-electron chi connectivity index (χ2n) is 7.50. The molecule has 2 aromatic carbocycles. The molecule has 0 aliphatic carbocycles. The number of H-pyrrole nitrogens is 1. The highest BCUT2D eigenvalue weighted by Crippen LogP contribution is 2.24. The Bertz CT molecular complexity index is 1360. The molecule has 1 saturated heterocycles. The van der Waals surface area contributed by atoms with Gasteiger partial charge >= 0.3 is 5.69 Å². The molecule has 5 rings (SSSR count). The number of benzene rings is 2. The average molecular weight is 404 g/mol. The molecule has 9 nitrogen and oxygen atoms in total. The lowest BCUT2D eigenvalue weighted by atomic mass is 10.0. The van der Waals surface area contributed by atoms with E-state index in [-0.39, 0.29) is 29.7 Å². The number of amides is 1. The Balaban J connectivity index is 1.30. The number of aromatic nitrogens is 5. The van der Waals surface area contributed by atoms with Gasteiger partial charge in [0, 0.05) is 19.1 Å². The van der Waals surface area contributed by atoms with Crippen molar-refractivity contribution in [3.63, 3.8) is 0 Å². The first-order valence-electron chi connectivity index (χ1n) is 9.91. The molecule has 4 aromatic rings. The lowest BCUT2D eigenvalue weighted by molar-refractivity contribution is -0.133. The van der Waals surface area contributed by atoms with Crippen LogP contribution < -0.4 is 11.2 Å². The monoisotopic (exact) mass is 404 g/mol. The van der Waals surface area contributed by atoms with Gasteiger partial charge in [0.1, 0.15) is 12.1 Å². The first-order chi connectivity index (χ1) is 14.6. The van der Waals surface area contributed by atoms with Crippen LogP contribution in [0, 0.1) is 0 Å². The quantitative estimate of drug-likeness (QED) is 0.554. The second kappa shape index (κ2) is 7.25. The summed E-state index contributed by atoms with van der Waals surface area (Å²) < 4.78 is 2.90. The van der Waals surface area contributed by atoms with E-state index >= 15 is 0 Å². The highest BCUT2D eigenvalue weighted by molar-refractivity contribution is 5.78. The number of hydrogen-bond donors (Lipinski definition) is 1. The summed E-state index contributed by atoms with van der Waals surface area (Å²) in [6.45, 7) is 0.894. The molecule has 30 heavy (non-hydrogen) atoms. The number of hydrogen-bond acceptors (Lipinski definition) is 5. The van der Waals surface area contributed by atoms with E-state index in [2.05, 4.69) is 15.3 Å². The summed E-state index contributed by atoms with van der Waals surface area (Å²) in [5, 5.41) is 8.37. The molecule has 1 fully saturated rings. The van der Waals surface area contributed by atoms with Gasteiger partial charge in [-0.2, -0.15) is 0 Å². The van der Waals surface area contributed by atoms with E-state index in [1.165, 1.54) is 0 Å². The van der Waals surface area contributed by atoms with Crippen LogP contribution in [0.5, 0.6) is 0 Å². The maximum atomic E-state index is 12.8. The molecule has 152 valence electrons. The second-order valence-corrected chi connectivity index (χ2v) is 7.50. The summed E-state index contributed by atoms with van der Waals surface area (Å²) in [6, 6.07) is 14.6. The van der Waals surface area contributed by atoms with Crippen molar-refractivity contribution in [2.24, 2.45) is 0 Å². The predicted molar refractivity (Wildman–Crippen MR) is 111 cm³/mol. The number of carbonyl (C=O) groups excluding carboxylic acids is 1. The highest BCUT2D eigenvalue weighted by Gasteiger charge is 2.26. The van der Waals surface area contributed by atoms with E-state index in [0.29, 0.717) is 36.8 Å². The molecule has 1 aliphatic heterocycles. The Morgan fingerprint density at radius 2 is 1.77 bits per heavy atom. The molecule has 0 radical (unpaired) electrons. The lowest BCUT2D eigenvalue weighted by Crippen LogP contribution is -2.43. The number of nitrogens with one attached hydrogen (secondary N) is 1. The summed E-state index contributed by atoms with van der Waals surface area (Å²) in [7, 11) is 0. The fourth-order valence-electron chi connectivity index (χ4n) is 4.17. The van der Waals surface area contributed by atoms with Gasteiger partial charge in [0.05, 0.1) is 16.4 Å². The number of carbonyl (C=O) groups is 1. The van der Waals surface area contributed by atoms with Crippen LogP contribution in [0.15, 0.2) is 58.1 Å². The van der Waals surface area contributed by atoms with Crippen molar-refractivity contribution in [2.45, 2.75) is 25.4 Å². The van der Waals surface area contributed by atoms with Crippen LogP contribution >= 0.6 is 0 Å². The van der Waals surface area contributed by atoms with Gasteiger partial charge in [-0.1, -0.05) is 29.5 Å². The zero-order chi connectivity index (χ0) is 20.7. The van der Waals surface area contributed by atoms with Gasteiger partial charge in [-0.05, 0) is 37.1 Å². The minimum atomic E-state index is -0.325. The summed E-state index contributed by atoms with van der Waals surface area (Å²) in [4.78, 5) is 42.3. The van der Waals surface area contributed by atoms with Crippen LogP contribution in [0.25, 0.3) is 21.9 Å². The van der Waals surface area contributed by atoms with Crippen LogP contribution in [0.3, 0.4) is 0 Å².